The molecule has 1 aromatic carbocycles. The maximum atomic E-state index is 6.21. The van der Waals surface area contributed by atoms with Gasteiger partial charge in [-0.25, -0.2) is 9.97 Å². The highest BCUT2D eigenvalue weighted by Crippen LogP contribution is 2.51. The van der Waals surface area contributed by atoms with E-state index in [1.54, 1.807) is 0 Å². The van der Waals surface area contributed by atoms with Crippen molar-refractivity contribution >= 4 is 17.3 Å². The SMILES string of the molecule is Cc1ccc2c(n1)N(c1c(C)cc(C(C)(C)C)cc1C)c1nccc(C)c1O2. The van der Waals surface area contributed by atoms with Crippen LogP contribution in [0, 0.1) is 27.7 Å². The highest BCUT2D eigenvalue weighted by atomic mass is 16.5. The molecular weight excluding hydrogens is 346 g/mol. The van der Waals surface area contributed by atoms with E-state index in [9.17, 15) is 0 Å². The Hall–Kier alpha value is -2.88. The molecule has 3 aromatic rings. The average molecular weight is 374 g/mol. The fourth-order valence-electron chi connectivity index (χ4n) is 3.75. The fourth-order valence-corrected chi connectivity index (χ4v) is 3.75. The van der Waals surface area contributed by atoms with Crippen LogP contribution in [0.5, 0.6) is 11.5 Å². The molecular formula is C24H27N3O. The van der Waals surface area contributed by atoms with E-state index in [4.69, 9.17) is 9.72 Å². The van der Waals surface area contributed by atoms with E-state index in [0.29, 0.717) is 0 Å². The molecule has 0 bridgehead atoms. The minimum absolute atomic E-state index is 0.0958. The van der Waals surface area contributed by atoms with Crippen LogP contribution in [0.15, 0.2) is 36.5 Å². The van der Waals surface area contributed by atoms with Crippen molar-refractivity contribution in [2.75, 3.05) is 4.90 Å². The van der Waals surface area contributed by atoms with Crippen LogP contribution in [0.3, 0.4) is 0 Å². The van der Waals surface area contributed by atoms with Crippen molar-refractivity contribution in [3.05, 3.63) is 64.5 Å². The van der Waals surface area contributed by atoms with Gasteiger partial charge in [0.2, 0.25) is 0 Å². The Kier molecular flexibility index (Phi) is 4.18. The first-order chi connectivity index (χ1) is 13.2. The number of hydrogen-bond donors (Lipinski definition) is 0. The fraction of sp³-hybridized carbons (Fsp3) is 0.333. The lowest BCUT2D eigenvalue weighted by molar-refractivity contribution is 0.467. The minimum Gasteiger partial charge on any atom is -0.449 e. The van der Waals surface area contributed by atoms with Gasteiger partial charge in [0, 0.05) is 11.9 Å². The third kappa shape index (κ3) is 2.93. The number of aromatic nitrogens is 2. The Morgan fingerprint density at radius 3 is 2.18 bits per heavy atom. The lowest BCUT2D eigenvalue weighted by atomic mass is 9.84. The number of nitrogens with zero attached hydrogens (tertiary/aromatic N) is 3. The summed E-state index contributed by atoms with van der Waals surface area (Å²) in [6.45, 7) is 15.1. The van der Waals surface area contributed by atoms with Crippen molar-refractivity contribution < 1.29 is 4.74 Å². The van der Waals surface area contributed by atoms with Crippen LogP contribution in [0.2, 0.25) is 0 Å². The van der Waals surface area contributed by atoms with Crippen LogP contribution < -0.4 is 9.64 Å². The summed E-state index contributed by atoms with van der Waals surface area (Å²) in [5.41, 5.74) is 6.96. The van der Waals surface area contributed by atoms with E-state index >= 15 is 0 Å². The van der Waals surface area contributed by atoms with Gasteiger partial charge in [-0.3, -0.25) is 4.90 Å². The lowest BCUT2D eigenvalue weighted by Gasteiger charge is -2.34. The van der Waals surface area contributed by atoms with Crippen LogP contribution in [-0.2, 0) is 5.41 Å². The molecule has 0 unspecified atom stereocenters. The largest absolute Gasteiger partial charge is 0.449 e. The minimum atomic E-state index is 0.0958. The summed E-state index contributed by atoms with van der Waals surface area (Å²) in [5, 5.41) is 0. The van der Waals surface area contributed by atoms with E-state index in [0.717, 1.165) is 40.1 Å². The number of rotatable bonds is 1. The zero-order valence-corrected chi connectivity index (χ0v) is 17.7. The van der Waals surface area contributed by atoms with Crippen LogP contribution >= 0.6 is 0 Å². The molecule has 0 atom stereocenters. The number of aryl methyl sites for hydroxylation is 4. The van der Waals surface area contributed by atoms with E-state index in [-0.39, 0.29) is 5.41 Å². The van der Waals surface area contributed by atoms with Crippen molar-refractivity contribution in [1.29, 1.82) is 0 Å². The van der Waals surface area contributed by atoms with Gasteiger partial charge in [-0.15, -0.1) is 0 Å². The van der Waals surface area contributed by atoms with Crippen molar-refractivity contribution in [3.63, 3.8) is 0 Å². The molecule has 144 valence electrons. The van der Waals surface area contributed by atoms with E-state index in [1.165, 1.54) is 16.7 Å². The number of anilines is 3. The van der Waals surface area contributed by atoms with Crippen LogP contribution in [0.1, 0.15) is 48.7 Å². The summed E-state index contributed by atoms with van der Waals surface area (Å²) in [5.74, 6) is 3.13. The summed E-state index contributed by atoms with van der Waals surface area (Å²) < 4.78 is 6.21. The Morgan fingerprint density at radius 1 is 0.857 bits per heavy atom. The molecule has 4 nitrogen and oxygen atoms in total. The monoisotopic (exact) mass is 373 g/mol. The van der Waals surface area contributed by atoms with E-state index < -0.39 is 0 Å². The summed E-state index contributed by atoms with van der Waals surface area (Å²) >= 11 is 0. The van der Waals surface area contributed by atoms with Crippen molar-refractivity contribution in [1.82, 2.24) is 9.97 Å². The molecule has 2 aromatic heterocycles. The van der Waals surface area contributed by atoms with Gasteiger partial charge >= 0.3 is 0 Å². The Balaban J connectivity index is 2.01. The third-order valence-corrected chi connectivity index (χ3v) is 5.28. The van der Waals surface area contributed by atoms with Gasteiger partial charge in [0.15, 0.2) is 23.1 Å². The maximum absolute atomic E-state index is 6.21. The predicted octanol–water partition coefficient (Wildman–Crippen LogP) is 6.58. The van der Waals surface area contributed by atoms with Crippen molar-refractivity contribution in [2.24, 2.45) is 0 Å². The molecule has 4 heteroatoms. The van der Waals surface area contributed by atoms with Crippen molar-refractivity contribution in [2.45, 2.75) is 53.9 Å². The highest BCUT2D eigenvalue weighted by Gasteiger charge is 2.32. The molecule has 0 amide bonds. The zero-order chi connectivity index (χ0) is 20.2. The topological polar surface area (TPSA) is 38.2 Å². The first-order valence-corrected chi connectivity index (χ1v) is 9.70. The van der Waals surface area contributed by atoms with E-state index in [1.807, 2.05) is 38.2 Å². The van der Waals surface area contributed by atoms with Crippen LogP contribution in [0.4, 0.5) is 17.3 Å². The third-order valence-electron chi connectivity index (χ3n) is 5.28. The van der Waals surface area contributed by atoms with Gasteiger partial charge in [-0.05, 0) is 73.6 Å². The molecule has 28 heavy (non-hydrogen) atoms. The molecule has 0 radical (unpaired) electrons. The summed E-state index contributed by atoms with van der Waals surface area (Å²) in [7, 11) is 0. The molecule has 0 fully saturated rings. The maximum Gasteiger partial charge on any atom is 0.182 e. The molecule has 1 aliphatic rings. The second-order valence-electron chi connectivity index (χ2n) is 8.70. The standard InChI is InChI=1S/C24H27N3O/c1-14-10-11-25-23-21(14)28-19-9-8-17(4)26-22(19)27(23)20-15(2)12-18(13-16(20)3)24(5,6)7/h8-13H,1-7H3. The summed E-state index contributed by atoms with van der Waals surface area (Å²) in [6, 6.07) is 10.5. The molecule has 0 spiro atoms. The summed E-state index contributed by atoms with van der Waals surface area (Å²) in [6.07, 6.45) is 1.83. The summed E-state index contributed by atoms with van der Waals surface area (Å²) in [4.78, 5) is 11.7. The Labute approximate surface area is 167 Å². The lowest BCUT2D eigenvalue weighted by Crippen LogP contribution is -2.22. The smallest absolute Gasteiger partial charge is 0.182 e. The number of benzene rings is 1. The van der Waals surface area contributed by atoms with Gasteiger partial charge in [0.05, 0.1) is 5.69 Å². The first kappa shape index (κ1) is 18.5. The van der Waals surface area contributed by atoms with Crippen LogP contribution in [-0.4, -0.2) is 9.97 Å². The molecule has 0 saturated carbocycles. The van der Waals surface area contributed by atoms with Gasteiger partial charge in [-0.1, -0.05) is 32.9 Å². The normalized spacial score (nSPS) is 13.0. The Bertz CT molecular complexity index is 1050. The predicted molar refractivity (Wildman–Crippen MR) is 114 cm³/mol. The second-order valence-corrected chi connectivity index (χ2v) is 8.70. The number of ether oxygens (including phenoxy) is 1. The van der Waals surface area contributed by atoms with Gasteiger partial charge in [-0.2, -0.15) is 0 Å². The van der Waals surface area contributed by atoms with E-state index in [2.05, 4.69) is 56.6 Å². The number of hydrogen-bond acceptors (Lipinski definition) is 4. The molecule has 0 N–H and O–H groups in total. The second kappa shape index (κ2) is 6.33. The van der Waals surface area contributed by atoms with Crippen molar-refractivity contribution in [3.8, 4) is 11.5 Å². The molecule has 1 aliphatic heterocycles. The first-order valence-electron chi connectivity index (χ1n) is 9.70. The number of pyridine rings is 2. The molecule has 0 aliphatic carbocycles. The zero-order valence-electron chi connectivity index (χ0n) is 17.7. The van der Waals surface area contributed by atoms with Crippen LogP contribution in [0.25, 0.3) is 0 Å². The quantitative estimate of drug-likeness (QED) is 0.377. The van der Waals surface area contributed by atoms with Gasteiger partial charge in [0.25, 0.3) is 0 Å². The Morgan fingerprint density at radius 2 is 1.54 bits per heavy atom. The number of fused-ring (bicyclic) bond motifs is 2. The molecule has 3 heterocycles. The van der Waals surface area contributed by atoms with Gasteiger partial charge < -0.3 is 4.74 Å². The van der Waals surface area contributed by atoms with Gasteiger partial charge in [0.1, 0.15) is 0 Å². The molecule has 0 saturated heterocycles. The average Bonchev–Trinajstić information content (AvgIpc) is 2.60. The molecule has 4 rings (SSSR count). The highest BCUT2D eigenvalue weighted by molar-refractivity contribution is 5.85.